The lowest BCUT2D eigenvalue weighted by Crippen LogP contribution is -2.74. The zero-order chi connectivity index (χ0) is 29.5. The minimum Gasteiger partial charge on any atom is -0.505 e. The Balaban J connectivity index is 1.60. The van der Waals surface area contributed by atoms with E-state index in [1.54, 1.807) is 0 Å². The highest BCUT2D eigenvalue weighted by atomic mass is 32.2. The average Bonchev–Trinajstić information content (AvgIpc) is 3.40. The Morgan fingerprint density at radius 2 is 1.90 bits per heavy atom. The molecule has 0 aliphatic heterocycles. The molecular weight excluding hydrogens is 569 g/mol. The monoisotopic (exact) mass is 593 g/mol. The van der Waals surface area contributed by atoms with E-state index in [4.69, 9.17) is 5.73 Å². The zero-order valence-electron chi connectivity index (χ0n) is 21.1. The fraction of sp³-hybridized carbons (Fsp3) is 0.400. The molecule has 1 amide bonds. The topological polar surface area (TPSA) is 201 Å². The Hall–Kier alpha value is -3.53. The summed E-state index contributed by atoms with van der Waals surface area (Å²) in [7, 11) is -1.36. The van der Waals surface area contributed by atoms with Crippen LogP contribution in [-0.2, 0) is 35.6 Å². The Morgan fingerprint density at radius 3 is 2.48 bits per heavy atom. The number of aromatic hydroxyl groups is 1. The van der Waals surface area contributed by atoms with E-state index in [1.165, 1.54) is 36.5 Å². The number of halogens is 1. The number of thiophene rings is 1. The first-order valence-electron chi connectivity index (χ1n) is 12.1. The summed E-state index contributed by atoms with van der Waals surface area (Å²) in [5, 5.41) is 24.0. The molecule has 2 unspecified atom stereocenters. The number of sulfonamides is 1. The number of nitrogens with one attached hydrogen (secondary N) is 1. The number of phenolic OH excluding ortho intramolecular Hbond substituents is 1. The van der Waals surface area contributed by atoms with Crippen molar-refractivity contribution in [1.82, 2.24) is 4.90 Å². The first kappa shape index (κ1) is 28.0. The van der Waals surface area contributed by atoms with Gasteiger partial charge in [0.15, 0.2) is 40.4 Å². The molecule has 3 aliphatic carbocycles. The summed E-state index contributed by atoms with van der Waals surface area (Å²) in [5.41, 5.74) is 0.781. The van der Waals surface area contributed by atoms with Gasteiger partial charge in [-0.3, -0.25) is 33.6 Å². The number of hydrogen-bond donors (Lipinski definition) is 4. The van der Waals surface area contributed by atoms with Gasteiger partial charge < -0.3 is 15.9 Å². The van der Waals surface area contributed by atoms with Crippen LogP contribution in [0.3, 0.4) is 0 Å². The van der Waals surface area contributed by atoms with E-state index in [2.05, 4.69) is 0 Å². The molecule has 40 heavy (non-hydrogen) atoms. The molecule has 0 spiro atoms. The smallest absolute Gasteiger partial charge is 0.271 e. The van der Waals surface area contributed by atoms with Crippen molar-refractivity contribution in [2.24, 2.45) is 29.4 Å². The van der Waals surface area contributed by atoms with E-state index in [1.807, 2.05) is 4.72 Å². The van der Waals surface area contributed by atoms with Crippen LogP contribution in [0.2, 0.25) is 0 Å². The lowest BCUT2D eigenvalue weighted by Gasteiger charge is -2.52. The van der Waals surface area contributed by atoms with E-state index in [0.29, 0.717) is 0 Å². The average molecular weight is 594 g/mol. The van der Waals surface area contributed by atoms with Gasteiger partial charge in [-0.05, 0) is 44.3 Å². The number of hydrogen-bond acceptors (Lipinski definition) is 11. The minimum absolute atomic E-state index is 0.142. The molecule has 2 aromatic rings. The van der Waals surface area contributed by atoms with Crippen molar-refractivity contribution in [3.63, 3.8) is 0 Å². The van der Waals surface area contributed by atoms with Crippen molar-refractivity contribution < 1.29 is 47.0 Å². The highest BCUT2D eigenvalue weighted by Crippen LogP contribution is 2.51. The number of Topliss-reactive ketones (excluding diaryl/α,β-unsaturated/α-hetero) is 4. The van der Waals surface area contributed by atoms with Gasteiger partial charge in [-0.15, -0.1) is 11.3 Å². The number of likely N-dealkylation sites (N-methyl/N-ethyl adjacent to an activating group) is 1. The maximum Gasteiger partial charge on any atom is 0.271 e. The van der Waals surface area contributed by atoms with Gasteiger partial charge in [0.1, 0.15) is 10.0 Å². The van der Waals surface area contributed by atoms with Crippen molar-refractivity contribution in [3.05, 3.63) is 40.5 Å². The number of nitrogens with two attached hydrogens (primary N) is 1. The summed E-state index contributed by atoms with van der Waals surface area (Å²) in [4.78, 5) is 67.2. The maximum atomic E-state index is 15.3. The predicted octanol–water partition coefficient (Wildman–Crippen LogP) is -0.132. The number of nitrogens with zero attached hydrogens (tertiary/aromatic N) is 1. The van der Waals surface area contributed by atoms with Crippen LogP contribution in [0.5, 0.6) is 5.75 Å². The van der Waals surface area contributed by atoms with Gasteiger partial charge in [0.05, 0.1) is 23.2 Å². The molecule has 2 fully saturated rings. The third-order valence-electron chi connectivity index (χ3n) is 8.01. The van der Waals surface area contributed by atoms with Crippen molar-refractivity contribution in [2.75, 3.05) is 18.8 Å². The van der Waals surface area contributed by atoms with Crippen molar-refractivity contribution in [1.29, 1.82) is 0 Å². The number of phenols is 1. The lowest BCUT2D eigenvalue weighted by atomic mass is 9.52. The van der Waals surface area contributed by atoms with Gasteiger partial charge in [0, 0.05) is 17.5 Å². The van der Waals surface area contributed by atoms with Crippen LogP contribution >= 0.6 is 11.3 Å². The number of carbonyl (C=O) groups is 5. The molecule has 212 valence electrons. The van der Waals surface area contributed by atoms with E-state index < -0.39 is 97.2 Å². The summed E-state index contributed by atoms with van der Waals surface area (Å²) >= 11 is 0.861. The summed E-state index contributed by atoms with van der Waals surface area (Å²) in [5.74, 6) is -14.2. The molecule has 5 rings (SSSR count). The fourth-order valence-corrected chi connectivity index (χ4v) is 8.37. The zero-order valence-corrected chi connectivity index (χ0v) is 22.7. The fourth-order valence-electron chi connectivity index (χ4n) is 6.32. The van der Waals surface area contributed by atoms with Crippen molar-refractivity contribution in [3.8, 4) is 5.75 Å². The van der Waals surface area contributed by atoms with Gasteiger partial charge in [-0.1, -0.05) is 6.07 Å². The number of fused-ring (bicyclic) bond motifs is 3. The van der Waals surface area contributed by atoms with Gasteiger partial charge in [0.2, 0.25) is 5.91 Å². The molecule has 3 aliphatic rings. The third kappa shape index (κ3) is 3.83. The molecule has 0 bridgehead atoms. The largest absolute Gasteiger partial charge is 0.505 e. The standard InChI is InChI=1S/C25H24FN3O9S2/c1-29(2)18-11-7-9-6-10-12(26)8-13(28-40(37,38)14-4-3-5-39-14)19(30)16(10)20(31)15(9)22(33)25(11,36)23(34)17(21(18)32)24(27)35/h3-5,8-9,11,15,17-18,28,30,36H,6-7H2,1-2H3,(H2,27,35)/t9-,11-,15?,17?,18-,25-/m0/s1. The molecule has 1 heterocycles. The highest BCUT2D eigenvalue weighted by molar-refractivity contribution is 7.94. The molecule has 12 nitrogen and oxygen atoms in total. The second-order valence-electron chi connectivity index (χ2n) is 10.4. The van der Waals surface area contributed by atoms with Crippen LogP contribution in [-0.4, -0.2) is 78.3 Å². The Kier molecular flexibility index (Phi) is 6.48. The molecular formula is C25H24FN3O9S2. The van der Waals surface area contributed by atoms with Gasteiger partial charge >= 0.3 is 0 Å². The van der Waals surface area contributed by atoms with Crippen LogP contribution in [0.4, 0.5) is 10.1 Å². The third-order valence-corrected chi connectivity index (χ3v) is 10.8. The second kappa shape index (κ2) is 9.26. The summed E-state index contributed by atoms with van der Waals surface area (Å²) in [6, 6.07) is 2.18. The number of carbonyl (C=O) groups excluding carboxylic acids is 5. The van der Waals surface area contributed by atoms with Crippen molar-refractivity contribution >= 4 is 56.1 Å². The molecule has 0 saturated heterocycles. The predicted molar refractivity (Wildman–Crippen MR) is 136 cm³/mol. The maximum absolute atomic E-state index is 15.3. The van der Waals surface area contributed by atoms with E-state index >= 15 is 4.39 Å². The first-order chi connectivity index (χ1) is 18.6. The van der Waals surface area contributed by atoms with Gasteiger partial charge in [-0.25, -0.2) is 12.8 Å². The number of anilines is 1. The number of primary amides is 1. The van der Waals surface area contributed by atoms with Gasteiger partial charge in [0.25, 0.3) is 10.0 Å². The van der Waals surface area contributed by atoms with Crippen LogP contribution in [0.25, 0.3) is 0 Å². The van der Waals surface area contributed by atoms with Crippen LogP contribution in [0, 0.1) is 29.5 Å². The Bertz CT molecular complexity index is 1610. The van der Waals surface area contributed by atoms with E-state index in [9.17, 15) is 42.6 Å². The molecule has 5 N–H and O–H groups in total. The number of aliphatic hydroxyl groups is 1. The van der Waals surface area contributed by atoms with E-state index in [0.717, 1.165) is 17.4 Å². The first-order valence-corrected chi connectivity index (χ1v) is 14.4. The summed E-state index contributed by atoms with van der Waals surface area (Å²) < 4.78 is 42.6. The second-order valence-corrected chi connectivity index (χ2v) is 13.3. The van der Waals surface area contributed by atoms with Crippen molar-refractivity contribution in [2.45, 2.75) is 28.7 Å². The van der Waals surface area contributed by atoms with Gasteiger partial charge in [-0.2, -0.15) is 0 Å². The highest BCUT2D eigenvalue weighted by Gasteiger charge is 2.69. The quantitative estimate of drug-likeness (QED) is 0.267. The van der Waals surface area contributed by atoms with E-state index in [-0.39, 0.29) is 22.6 Å². The number of benzene rings is 1. The molecule has 2 saturated carbocycles. The van der Waals surface area contributed by atoms with Crippen LogP contribution < -0.4 is 10.5 Å². The number of amides is 1. The molecule has 1 aromatic carbocycles. The molecule has 0 radical (unpaired) electrons. The minimum atomic E-state index is -4.26. The molecule has 6 atom stereocenters. The van der Waals surface area contributed by atoms with Crippen LogP contribution in [0.15, 0.2) is 27.8 Å². The molecule has 15 heteroatoms. The summed E-state index contributed by atoms with van der Waals surface area (Å²) in [6.45, 7) is 0. The molecule has 1 aromatic heterocycles. The lowest BCUT2D eigenvalue weighted by molar-refractivity contribution is -0.181. The van der Waals surface area contributed by atoms with Crippen LogP contribution in [0.1, 0.15) is 22.3 Å². The Labute approximate surface area is 231 Å². The number of ketones is 4. The SMILES string of the molecule is CN(C)[C@@H]1C(=O)C(C(N)=O)C(=O)[C@@]2(O)C(=O)C3C(=O)c4c(O)c(NS(=O)(=O)c5cccs5)cc(F)c4C[C@H]3C[C@@H]12. The normalized spacial score (nSPS) is 30.1. The summed E-state index contributed by atoms with van der Waals surface area (Å²) in [6.07, 6.45) is -0.528. The number of rotatable bonds is 5. The Morgan fingerprint density at radius 1 is 1.23 bits per heavy atom.